The highest BCUT2D eigenvalue weighted by atomic mass is 32.1. The van der Waals surface area contributed by atoms with Crippen molar-refractivity contribution in [2.75, 3.05) is 5.43 Å². The van der Waals surface area contributed by atoms with Gasteiger partial charge in [-0.25, -0.2) is 9.66 Å². The molecule has 0 bridgehead atoms. The fraction of sp³-hybridized carbons (Fsp3) is 0.455. The summed E-state index contributed by atoms with van der Waals surface area (Å²) in [5.74, 6) is -0.866. The number of nitro benzene ring substituents is 1. The molecule has 0 saturated carbocycles. The van der Waals surface area contributed by atoms with Crippen LogP contribution in [0.3, 0.4) is 0 Å². The number of fused-ring (bicyclic) bond motifs is 1. The molecule has 0 amide bonds. The highest BCUT2D eigenvalue weighted by Crippen LogP contribution is 2.61. The van der Waals surface area contributed by atoms with Crippen LogP contribution in [-0.4, -0.2) is 26.8 Å². The number of nitro groups is 1. The van der Waals surface area contributed by atoms with Gasteiger partial charge in [-0.3, -0.25) is 19.5 Å². The first-order chi connectivity index (χ1) is 15.9. The molecule has 0 saturated heterocycles. The van der Waals surface area contributed by atoms with E-state index in [1.807, 2.05) is 6.92 Å². The van der Waals surface area contributed by atoms with Crippen LogP contribution in [0.4, 0.5) is 5.69 Å². The van der Waals surface area contributed by atoms with Crippen molar-refractivity contribution in [1.82, 2.24) is 9.66 Å². The predicted molar refractivity (Wildman–Crippen MR) is 133 cm³/mol. The van der Waals surface area contributed by atoms with Crippen LogP contribution in [0.25, 0.3) is 10.2 Å². The summed E-state index contributed by atoms with van der Waals surface area (Å²) < 4.78 is 26.9. The SMILES string of the molecule is CCc1cc2c(=O)n(NC(c3cccc([N+](=O)[O-])c3)P(=O)(OC(C)C)OC(C)C)c(C)nc2s1. The average molecular weight is 509 g/mol. The van der Waals surface area contributed by atoms with Crippen LogP contribution >= 0.6 is 18.9 Å². The molecule has 184 valence electrons. The second-order valence-corrected chi connectivity index (χ2v) is 11.4. The molecule has 1 unspecified atom stereocenters. The Kier molecular flexibility index (Phi) is 7.92. The van der Waals surface area contributed by atoms with Crippen molar-refractivity contribution in [3.05, 3.63) is 67.1 Å². The van der Waals surface area contributed by atoms with E-state index in [9.17, 15) is 19.5 Å². The third kappa shape index (κ3) is 5.55. The lowest BCUT2D eigenvalue weighted by Gasteiger charge is -2.31. The van der Waals surface area contributed by atoms with Gasteiger partial charge in [0.15, 0.2) is 5.78 Å². The van der Waals surface area contributed by atoms with Crippen LogP contribution in [0.2, 0.25) is 0 Å². The summed E-state index contributed by atoms with van der Waals surface area (Å²) in [6.45, 7) is 10.5. The van der Waals surface area contributed by atoms with Gasteiger partial charge in [0, 0.05) is 17.0 Å². The van der Waals surface area contributed by atoms with E-state index in [1.54, 1.807) is 46.8 Å². The minimum Gasteiger partial charge on any atom is -0.304 e. The topological polar surface area (TPSA) is 126 Å². The Morgan fingerprint density at radius 1 is 1.21 bits per heavy atom. The molecular formula is C22H29N4O6PS. The molecule has 1 aromatic carbocycles. The number of aromatic nitrogens is 2. The molecule has 3 rings (SSSR count). The van der Waals surface area contributed by atoms with Gasteiger partial charge < -0.3 is 14.5 Å². The average Bonchev–Trinajstić information content (AvgIpc) is 3.15. The van der Waals surface area contributed by atoms with Crippen LogP contribution in [0.1, 0.15) is 56.7 Å². The highest BCUT2D eigenvalue weighted by molar-refractivity contribution is 7.54. The van der Waals surface area contributed by atoms with Gasteiger partial charge in [-0.2, -0.15) is 0 Å². The van der Waals surface area contributed by atoms with E-state index in [-0.39, 0.29) is 16.8 Å². The Labute approximate surface area is 201 Å². The van der Waals surface area contributed by atoms with Crippen LogP contribution in [0, 0.1) is 17.0 Å². The second kappa shape index (κ2) is 10.4. The lowest BCUT2D eigenvalue weighted by molar-refractivity contribution is -0.384. The quantitative estimate of drug-likeness (QED) is 0.215. The van der Waals surface area contributed by atoms with Crippen molar-refractivity contribution >= 4 is 34.8 Å². The second-order valence-electron chi connectivity index (χ2n) is 8.32. The van der Waals surface area contributed by atoms with E-state index in [2.05, 4.69) is 10.4 Å². The first-order valence-corrected chi connectivity index (χ1v) is 13.4. The minimum atomic E-state index is -4.00. The maximum absolute atomic E-state index is 14.1. The number of benzene rings is 1. The van der Waals surface area contributed by atoms with Crippen LogP contribution < -0.4 is 11.0 Å². The van der Waals surface area contributed by atoms with Crippen LogP contribution in [-0.2, 0) is 20.0 Å². The van der Waals surface area contributed by atoms with Gasteiger partial charge in [0.05, 0.1) is 22.5 Å². The Morgan fingerprint density at radius 2 is 1.85 bits per heavy atom. The van der Waals surface area contributed by atoms with Gasteiger partial charge in [0.2, 0.25) is 0 Å². The molecule has 0 aliphatic carbocycles. The predicted octanol–water partition coefficient (Wildman–Crippen LogP) is 5.52. The normalized spacial score (nSPS) is 13.1. The molecule has 10 nitrogen and oxygen atoms in total. The molecule has 2 heterocycles. The standard InChI is InChI=1S/C22H29N4O6PS/c1-7-18-12-19-21(34-18)23-15(6)25(22(19)27)24-20(16-9-8-10-17(11-16)26(28)29)33(30,31-13(2)3)32-14(4)5/h8-14,20,24H,7H2,1-6H3. The molecule has 0 radical (unpaired) electrons. The van der Waals surface area contributed by atoms with E-state index in [0.717, 1.165) is 11.3 Å². The number of thiophene rings is 1. The van der Waals surface area contributed by atoms with Crippen LogP contribution in [0.15, 0.2) is 35.1 Å². The van der Waals surface area contributed by atoms with Gasteiger partial charge in [-0.1, -0.05) is 19.1 Å². The van der Waals surface area contributed by atoms with Gasteiger partial charge in [0.1, 0.15) is 10.7 Å². The highest BCUT2D eigenvalue weighted by Gasteiger charge is 2.41. The summed E-state index contributed by atoms with van der Waals surface area (Å²) in [4.78, 5) is 30.4. The zero-order chi connectivity index (χ0) is 25.2. The lowest BCUT2D eigenvalue weighted by Crippen LogP contribution is -2.35. The van der Waals surface area contributed by atoms with E-state index >= 15 is 0 Å². The van der Waals surface area contributed by atoms with Crippen molar-refractivity contribution in [1.29, 1.82) is 0 Å². The van der Waals surface area contributed by atoms with Crippen molar-refractivity contribution in [2.24, 2.45) is 0 Å². The fourth-order valence-electron chi connectivity index (χ4n) is 3.45. The number of hydrogen-bond donors (Lipinski definition) is 1. The monoisotopic (exact) mass is 508 g/mol. The fourth-order valence-corrected chi connectivity index (χ4v) is 6.71. The van der Waals surface area contributed by atoms with Gasteiger partial charge >= 0.3 is 7.60 Å². The summed E-state index contributed by atoms with van der Waals surface area (Å²) in [5.41, 5.74) is 2.71. The number of non-ortho nitro benzene ring substituents is 1. The molecule has 1 N–H and O–H groups in total. The summed E-state index contributed by atoms with van der Waals surface area (Å²) >= 11 is 1.45. The Hall–Kier alpha value is -2.59. The van der Waals surface area contributed by atoms with Crippen LogP contribution in [0.5, 0.6) is 0 Å². The summed E-state index contributed by atoms with van der Waals surface area (Å²) in [5, 5.41) is 11.8. The minimum absolute atomic E-state index is 0.187. The number of rotatable bonds is 10. The van der Waals surface area contributed by atoms with E-state index in [1.165, 1.54) is 34.2 Å². The molecule has 1 atom stereocenters. The molecule has 0 aliphatic heterocycles. The number of hydrogen-bond acceptors (Lipinski definition) is 9. The Bertz CT molecular complexity index is 1290. The van der Waals surface area contributed by atoms with Crippen molar-refractivity contribution < 1.29 is 18.5 Å². The third-order valence-electron chi connectivity index (χ3n) is 4.81. The molecule has 0 spiro atoms. The third-order valence-corrected chi connectivity index (χ3v) is 8.46. The number of aryl methyl sites for hydroxylation is 2. The molecule has 3 aromatic rings. The van der Waals surface area contributed by atoms with E-state index < -0.39 is 30.5 Å². The maximum atomic E-state index is 14.1. The Morgan fingerprint density at radius 3 is 2.41 bits per heavy atom. The Balaban J connectivity index is 2.22. The summed E-state index contributed by atoms with van der Waals surface area (Å²) in [6, 6.07) is 7.49. The molecule has 0 aliphatic rings. The number of nitrogens with zero attached hydrogens (tertiary/aromatic N) is 3. The number of nitrogens with one attached hydrogen (secondary N) is 1. The molecule has 2 aromatic heterocycles. The maximum Gasteiger partial charge on any atom is 0.359 e. The first-order valence-electron chi connectivity index (χ1n) is 10.9. The van der Waals surface area contributed by atoms with Crippen molar-refractivity contribution in [2.45, 2.75) is 66.0 Å². The zero-order valence-corrected chi connectivity index (χ0v) is 21.7. The van der Waals surface area contributed by atoms with Crippen molar-refractivity contribution in [3.63, 3.8) is 0 Å². The zero-order valence-electron chi connectivity index (χ0n) is 20.0. The summed E-state index contributed by atoms with van der Waals surface area (Å²) in [7, 11) is -4.00. The van der Waals surface area contributed by atoms with Gasteiger partial charge in [-0.15, -0.1) is 11.3 Å². The molecule has 12 heteroatoms. The van der Waals surface area contributed by atoms with E-state index in [0.29, 0.717) is 16.0 Å². The molecule has 0 fully saturated rings. The molecule has 34 heavy (non-hydrogen) atoms. The van der Waals surface area contributed by atoms with E-state index in [4.69, 9.17) is 9.05 Å². The largest absolute Gasteiger partial charge is 0.359 e. The summed E-state index contributed by atoms with van der Waals surface area (Å²) in [6.07, 6.45) is -0.187. The smallest absolute Gasteiger partial charge is 0.304 e. The lowest BCUT2D eigenvalue weighted by atomic mass is 10.2. The van der Waals surface area contributed by atoms with Gasteiger partial charge in [-0.05, 0) is 52.7 Å². The first kappa shape index (κ1) is 26.0. The molecular weight excluding hydrogens is 479 g/mol. The van der Waals surface area contributed by atoms with Crippen molar-refractivity contribution in [3.8, 4) is 0 Å². The van der Waals surface area contributed by atoms with Gasteiger partial charge in [0.25, 0.3) is 11.2 Å².